The Bertz CT molecular complexity index is 438. The quantitative estimate of drug-likeness (QED) is 0.827. The van der Waals surface area contributed by atoms with Gasteiger partial charge in [0.2, 0.25) is 0 Å². The first-order valence-corrected chi connectivity index (χ1v) is 5.29. The molecule has 6 heteroatoms. The molecule has 0 saturated heterocycles. The van der Waals surface area contributed by atoms with E-state index in [1.54, 1.807) is 0 Å². The number of nitrogens with zero attached hydrogens (tertiary/aromatic N) is 1. The van der Waals surface area contributed by atoms with Gasteiger partial charge in [-0.1, -0.05) is 6.07 Å². The van der Waals surface area contributed by atoms with Gasteiger partial charge in [0.15, 0.2) is 0 Å². The van der Waals surface area contributed by atoms with Crippen molar-refractivity contribution >= 4 is 0 Å². The smallest absolute Gasteiger partial charge is 0.419 e. The maximum absolute atomic E-state index is 12.7. The SMILES string of the molecule is N#CCCCOc1ccc(CO)cc1C(F)(F)F. The first-order valence-electron chi connectivity index (χ1n) is 5.29. The van der Waals surface area contributed by atoms with Crippen LogP contribution in [0.5, 0.6) is 5.75 Å². The lowest BCUT2D eigenvalue weighted by molar-refractivity contribution is -0.139. The van der Waals surface area contributed by atoms with Gasteiger partial charge in [-0.2, -0.15) is 18.4 Å². The Hall–Kier alpha value is -1.74. The molecule has 3 nitrogen and oxygen atoms in total. The summed E-state index contributed by atoms with van der Waals surface area (Å²) >= 11 is 0. The zero-order valence-electron chi connectivity index (χ0n) is 9.50. The number of hydrogen-bond donors (Lipinski definition) is 1. The van der Waals surface area contributed by atoms with Gasteiger partial charge in [-0.15, -0.1) is 0 Å². The van der Waals surface area contributed by atoms with Crippen molar-refractivity contribution in [2.45, 2.75) is 25.6 Å². The molecule has 0 fully saturated rings. The molecule has 1 N–H and O–H groups in total. The van der Waals surface area contributed by atoms with E-state index in [0.717, 1.165) is 6.07 Å². The van der Waals surface area contributed by atoms with Gasteiger partial charge in [0, 0.05) is 6.42 Å². The lowest BCUT2D eigenvalue weighted by atomic mass is 10.1. The molecule has 1 aromatic carbocycles. The van der Waals surface area contributed by atoms with Crippen LogP contribution in [0.15, 0.2) is 18.2 Å². The van der Waals surface area contributed by atoms with E-state index in [4.69, 9.17) is 15.1 Å². The van der Waals surface area contributed by atoms with Crippen LogP contribution in [0.25, 0.3) is 0 Å². The summed E-state index contributed by atoms with van der Waals surface area (Å²) in [6.45, 7) is -0.410. The topological polar surface area (TPSA) is 53.2 Å². The van der Waals surface area contributed by atoms with E-state index in [1.165, 1.54) is 12.1 Å². The molecule has 0 bridgehead atoms. The molecule has 0 saturated carbocycles. The normalized spacial score (nSPS) is 11.1. The summed E-state index contributed by atoms with van der Waals surface area (Å²) in [6, 6.07) is 5.29. The third-order valence-corrected chi connectivity index (χ3v) is 2.22. The second-order valence-electron chi connectivity index (χ2n) is 3.60. The first kappa shape index (κ1) is 14.3. The van der Waals surface area contributed by atoms with Gasteiger partial charge in [-0.25, -0.2) is 0 Å². The molecule has 0 radical (unpaired) electrons. The summed E-state index contributed by atoms with van der Waals surface area (Å²) in [4.78, 5) is 0. The molecule has 0 aliphatic carbocycles. The maximum Gasteiger partial charge on any atom is 0.419 e. The Labute approximate surface area is 102 Å². The highest BCUT2D eigenvalue weighted by molar-refractivity contribution is 5.39. The van der Waals surface area contributed by atoms with Gasteiger partial charge in [-0.3, -0.25) is 0 Å². The third-order valence-electron chi connectivity index (χ3n) is 2.22. The maximum atomic E-state index is 12.7. The summed E-state index contributed by atoms with van der Waals surface area (Å²) in [6.07, 6.45) is -3.93. The summed E-state index contributed by atoms with van der Waals surface area (Å²) < 4.78 is 43.2. The molecule has 0 spiro atoms. The van der Waals surface area contributed by atoms with E-state index >= 15 is 0 Å². The molecular weight excluding hydrogens is 247 g/mol. The Morgan fingerprint density at radius 3 is 2.61 bits per heavy atom. The molecule has 0 aromatic heterocycles. The summed E-state index contributed by atoms with van der Waals surface area (Å²) in [5, 5.41) is 17.1. The number of ether oxygens (including phenoxy) is 1. The van der Waals surface area contributed by atoms with Crippen LogP contribution in [0.4, 0.5) is 13.2 Å². The average Bonchev–Trinajstić information content (AvgIpc) is 2.33. The highest BCUT2D eigenvalue weighted by Crippen LogP contribution is 2.36. The van der Waals surface area contributed by atoms with Crippen molar-refractivity contribution in [2.24, 2.45) is 0 Å². The number of halogens is 3. The average molecular weight is 259 g/mol. The Kier molecular flexibility index (Phi) is 4.98. The molecule has 98 valence electrons. The van der Waals surface area contributed by atoms with Crippen LogP contribution in [-0.4, -0.2) is 11.7 Å². The number of benzene rings is 1. The lowest BCUT2D eigenvalue weighted by Gasteiger charge is -2.14. The van der Waals surface area contributed by atoms with Gasteiger partial charge >= 0.3 is 6.18 Å². The first-order chi connectivity index (χ1) is 8.49. The summed E-state index contributed by atoms with van der Waals surface area (Å²) in [7, 11) is 0. The molecule has 0 atom stereocenters. The van der Waals surface area contributed by atoms with Gasteiger partial charge in [0.25, 0.3) is 0 Å². The minimum Gasteiger partial charge on any atom is -0.493 e. The third kappa shape index (κ3) is 3.93. The predicted octanol–water partition coefficient (Wildman–Crippen LogP) is 2.88. The fourth-order valence-electron chi connectivity index (χ4n) is 1.36. The fraction of sp³-hybridized carbons (Fsp3) is 0.417. The van der Waals surface area contributed by atoms with E-state index in [1.807, 2.05) is 6.07 Å². The van der Waals surface area contributed by atoms with Crippen molar-refractivity contribution in [3.63, 3.8) is 0 Å². The van der Waals surface area contributed by atoms with E-state index in [-0.39, 0.29) is 24.3 Å². The van der Waals surface area contributed by atoms with Crippen LogP contribution in [0.2, 0.25) is 0 Å². The van der Waals surface area contributed by atoms with Crippen molar-refractivity contribution in [3.8, 4) is 11.8 Å². The minimum atomic E-state index is -4.53. The largest absolute Gasteiger partial charge is 0.493 e. The number of nitriles is 1. The highest BCUT2D eigenvalue weighted by Gasteiger charge is 2.34. The lowest BCUT2D eigenvalue weighted by Crippen LogP contribution is -2.10. The summed E-state index contributed by atoms with van der Waals surface area (Å²) in [5.41, 5.74) is -0.738. The van der Waals surface area contributed by atoms with Gasteiger partial charge in [0.1, 0.15) is 5.75 Å². The fourth-order valence-corrected chi connectivity index (χ4v) is 1.36. The zero-order valence-corrected chi connectivity index (χ0v) is 9.50. The molecule has 0 heterocycles. The number of aliphatic hydroxyl groups excluding tert-OH is 1. The van der Waals surface area contributed by atoms with Crippen LogP contribution in [0.3, 0.4) is 0 Å². The zero-order chi connectivity index (χ0) is 13.6. The van der Waals surface area contributed by atoms with Crippen molar-refractivity contribution in [1.29, 1.82) is 5.26 Å². The van der Waals surface area contributed by atoms with Crippen molar-refractivity contribution in [1.82, 2.24) is 0 Å². The van der Waals surface area contributed by atoms with Crippen LogP contribution in [0.1, 0.15) is 24.0 Å². The highest BCUT2D eigenvalue weighted by atomic mass is 19.4. The van der Waals surface area contributed by atoms with Crippen molar-refractivity contribution < 1.29 is 23.0 Å². The van der Waals surface area contributed by atoms with Gasteiger partial charge in [-0.05, 0) is 24.1 Å². The van der Waals surface area contributed by atoms with Gasteiger partial charge in [0.05, 0.1) is 24.8 Å². The number of rotatable bonds is 5. The minimum absolute atomic E-state index is 0.0507. The van der Waals surface area contributed by atoms with Crippen LogP contribution < -0.4 is 4.74 Å². The Morgan fingerprint density at radius 2 is 2.06 bits per heavy atom. The van der Waals surface area contributed by atoms with E-state index in [9.17, 15) is 13.2 Å². The second-order valence-corrected chi connectivity index (χ2v) is 3.60. The van der Waals surface area contributed by atoms with E-state index in [2.05, 4.69) is 0 Å². The predicted molar refractivity (Wildman–Crippen MR) is 57.7 cm³/mol. The second kappa shape index (κ2) is 6.26. The number of hydrogen-bond acceptors (Lipinski definition) is 3. The van der Waals surface area contributed by atoms with Crippen molar-refractivity contribution in [2.75, 3.05) is 6.61 Å². The number of unbranched alkanes of at least 4 members (excludes halogenated alkanes) is 1. The van der Waals surface area contributed by atoms with Crippen molar-refractivity contribution in [3.05, 3.63) is 29.3 Å². The monoisotopic (exact) mass is 259 g/mol. The van der Waals surface area contributed by atoms with E-state index in [0.29, 0.717) is 6.42 Å². The Morgan fingerprint density at radius 1 is 1.33 bits per heavy atom. The molecule has 1 rings (SSSR count). The van der Waals surface area contributed by atoms with Crippen LogP contribution >= 0.6 is 0 Å². The molecular formula is C12H12F3NO2. The molecule has 0 aliphatic rings. The molecule has 0 unspecified atom stereocenters. The van der Waals surface area contributed by atoms with Gasteiger partial charge < -0.3 is 9.84 Å². The summed E-state index contributed by atoms with van der Waals surface area (Å²) in [5.74, 6) is -0.280. The number of aliphatic hydroxyl groups is 1. The molecule has 18 heavy (non-hydrogen) atoms. The number of alkyl halides is 3. The standard InChI is InChI=1S/C12H12F3NO2/c13-12(14,15)10-7-9(8-17)3-4-11(10)18-6-2-1-5-16/h3-4,7,17H,1-2,6,8H2. The van der Waals surface area contributed by atoms with Crippen LogP contribution in [-0.2, 0) is 12.8 Å². The Balaban J connectivity index is 2.86. The molecule has 1 aromatic rings. The molecule has 0 amide bonds. The van der Waals surface area contributed by atoms with E-state index < -0.39 is 18.3 Å². The van der Waals surface area contributed by atoms with Crippen LogP contribution in [0, 0.1) is 11.3 Å². The molecule has 0 aliphatic heterocycles.